The van der Waals surface area contributed by atoms with E-state index in [2.05, 4.69) is 39.1 Å². The first kappa shape index (κ1) is 18.1. The van der Waals surface area contributed by atoms with Gasteiger partial charge in [0, 0.05) is 31.9 Å². The lowest BCUT2D eigenvalue weighted by molar-refractivity contribution is -0.146. The molecule has 6 nitrogen and oxygen atoms in total. The fourth-order valence-electron chi connectivity index (χ4n) is 4.15. The molecule has 138 valence electrons. The van der Waals surface area contributed by atoms with Crippen LogP contribution in [0.4, 0.5) is 5.82 Å². The third-order valence-corrected chi connectivity index (χ3v) is 6.09. The molecule has 1 N–H and O–H groups in total. The molecular weight excluding hydrogens is 314 g/mol. The third-order valence-electron chi connectivity index (χ3n) is 6.09. The Morgan fingerprint density at radius 1 is 1.28 bits per heavy atom. The van der Waals surface area contributed by atoms with E-state index in [1.54, 1.807) is 6.33 Å². The van der Waals surface area contributed by atoms with Crippen LogP contribution in [0.25, 0.3) is 0 Å². The summed E-state index contributed by atoms with van der Waals surface area (Å²) in [4.78, 5) is 26.0. The summed E-state index contributed by atoms with van der Waals surface area (Å²) in [6, 6.07) is 2.02. The summed E-state index contributed by atoms with van der Waals surface area (Å²) >= 11 is 0. The number of carbonyl (C=O) groups is 1. The summed E-state index contributed by atoms with van der Waals surface area (Å²) in [5.74, 6) is 1.79. The van der Waals surface area contributed by atoms with E-state index in [9.17, 15) is 4.79 Å². The molecule has 2 fully saturated rings. The second-order valence-corrected chi connectivity index (χ2v) is 7.74. The van der Waals surface area contributed by atoms with Gasteiger partial charge in [0.05, 0.1) is 5.54 Å². The van der Waals surface area contributed by atoms with Crippen molar-refractivity contribution in [2.24, 2.45) is 5.92 Å². The van der Waals surface area contributed by atoms with Crippen molar-refractivity contribution in [3.63, 3.8) is 0 Å². The molecule has 3 heterocycles. The Morgan fingerprint density at radius 3 is 2.72 bits per heavy atom. The summed E-state index contributed by atoms with van der Waals surface area (Å²) in [6.07, 6.45) is 8.06. The molecule has 2 saturated heterocycles. The molecule has 6 heteroatoms. The molecule has 0 saturated carbocycles. The first-order valence-electron chi connectivity index (χ1n) is 9.52. The van der Waals surface area contributed by atoms with Crippen LogP contribution in [0.3, 0.4) is 0 Å². The Morgan fingerprint density at radius 2 is 2.04 bits per heavy atom. The number of anilines is 1. The molecule has 3 rings (SSSR count). The maximum absolute atomic E-state index is 13.1. The Balaban J connectivity index is 1.55. The number of rotatable bonds is 4. The van der Waals surface area contributed by atoms with Gasteiger partial charge >= 0.3 is 0 Å². The molecule has 1 unspecified atom stereocenters. The second-order valence-electron chi connectivity index (χ2n) is 7.74. The number of carbonyl (C=O) groups excluding carboxylic acids is 1. The first-order chi connectivity index (χ1) is 12.0. The van der Waals surface area contributed by atoms with Crippen molar-refractivity contribution in [2.75, 3.05) is 39.0 Å². The van der Waals surface area contributed by atoms with E-state index in [0.717, 1.165) is 63.3 Å². The van der Waals surface area contributed by atoms with Gasteiger partial charge in [0.1, 0.15) is 12.1 Å². The number of piperidine rings is 2. The number of likely N-dealkylation sites (tertiary alicyclic amines) is 2. The van der Waals surface area contributed by atoms with Crippen molar-refractivity contribution < 1.29 is 4.79 Å². The zero-order chi connectivity index (χ0) is 17.9. The fraction of sp³-hybridized carbons (Fsp3) is 0.737. The van der Waals surface area contributed by atoms with Crippen molar-refractivity contribution in [1.82, 2.24) is 19.8 Å². The average molecular weight is 345 g/mol. The molecule has 0 spiro atoms. The van der Waals surface area contributed by atoms with Gasteiger partial charge in [-0.1, -0.05) is 0 Å². The van der Waals surface area contributed by atoms with E-state index in [4.69, 9.17) is 0 Å². The van der Waals surface area contributed by atoms with E-state index in [1.165, 1.54) is 6.42 Å². The largest absolute Gasteiger partial charge is 0.373 e. The number of amides is 1. The molecule has 2 aliphatic heterocycles. The number of hydrogen-bond acceptors (Lipinski definition) is 5. The van der Waals surface area contributed by atoms with Crippen LogP contribution in [0.1, 0.15) is 44.7 Å². The Labute approximate surface area is 151 Å². The van der Waals surface area contributed by atoms with E-state index >= 15 is 0 Å². The van der Waals surface area contributed by atoms with E-state index in [0.29, 0.717) is 11.8 Å². The van der Waals surface area contributed by atoms with Crippen molar-refractivity contribution in [1.29, 1.82) is 0 Å². The van der Waals surface area contributed by atoms with E-state index in [-0.39, 0.29) is 5.54 Å². The predicted molar refractivity (Wildman–Crippen MR) is 99.5 cm³/mol. The molecule has 2 aliphatic rings. The molecule has 1 atom stereocenters. The van der Waals surface area contributed by atoms with E-state index in [1.807, 2.05) is 13.1 Å². The molecule has 1 aromatic heterocycles. The zero-order valence-corrected chi connectivity index (χ0v) is 15.8. The number of likely N-dealkylation sites (N-methyl/N-ethyl adjacent to an activating group) is 1. The van der Waals surface area contributed by atoms with Crippen LogP contribution < -0.4 is 5.32 Å². The summed E-state index contributed by atoms with van der Waals surface area (Å²) in [5, 5.41) is 3.06. The lowest BCUT2D eigenvalue weighted by atomic mass is 9.85. The van der Waals surface area contributed by atoms with Gasteiger partial charge in [-0.15, -0.1) is 0 Å². The van der Waals surface area contributed by atoms with Crippen molar-refractivity contribution in [2.45, 2.75) is 51.0 Å². The summed E-state index contributed by atoms with van der Waals surface area (Å²) in [5.41, 5.74) is 0.780. The third kappa shape index (κ3) is 3.94. The molecule has 1 amide bonds. The highest BCUT2D eigenvalue weighted by molar-refractivity contribution is 5.86. The molecule has 1 aromatic rings. The van der Waals surface area contributed by atoms with Gasteiger partial charge in [-0.25, -0.2) is 9.97 Å². The Kier molecular flexibility index (Phi) is 5.57. The number of nitrogens with zero attached hydrogens (tertiary/aromatic N) is 4. The summed E-state index contributed by atoms with van der Waals surface area (Å²) in [7, 11) is 3.97. The number of nitrogens with one attached hydrogen (secondary N) is 1. The molecule has 25 heavy (non-hydrogen) atoms. The standard InChI is InChI=1S/C19H31N5O/c1-19(8-4-5-9-23(19)3)18(25)24-10-6-15(7-11-24)12-16-13-17(20-2)22-14-21-16/h13-15H,4-12H2,1-3H3,(H,20,21,22). The van der Waals surface area contributed by atoms with Crippen molar-refractivity contribution >= 4 is 11.7 Å². The number of hydrogen-bond donors (Lipinski definition) is 1. The molecule has 0 bridgehead atoms. The van der Waals surface area contributed by atoms with Gasteiger partial charge in [-0.2, -0.15) is 0 Å². The van der Waals surface area contributed by atoms with Crippen molar-refractivity contribution in [3.8, 4) is 0 Å². The maximum atomic E-state index is 13.1. The average Bonchev–Trinajstić information content (AvgIpc) is 2.64. The normalized spacial score (nSPS) is 25.8. The highest BCUT2D eigenvalue weighted by Crippen LogP contribution is 2.30. The SMILES string of the molecule is CNc1cc(CC2CCN(C(=O)C3(C)CCCCN3C)CC2)ncn1. The lowest BCUT2D eigenvalue weighted by Crippen LogP contribution is -2.59. The predicted octanol–water partition coefficient (Wildman–Crippen LogP) is 2.17. The summed E-state index contributed by atoms with van der Waals surface area (Å²) < 4.78 is 0. The van der Waals surface area contributed by atoms with Gasteiger partial charge in [0.15, 0.2) is 0 Å². The fourth-order valence-corrected chi connectivity index (χ4v) is 4.15. The van der Waals surface area contributed by atoms with Crippen LogP contribution in [-0.2, 0) is 11.2 Å². The van der Waals surface area contributed by atoms with Crippen LogP contribution in [0, 0.1) is 5.92 Å². The van der Waals surface area contributed by atoms with Crippen molar-refractivity contribution in [3.05, 3.63) is 18.1 Å². The van der Waals surface area contributed by atoms with Gasteiger partial charge < -0.3 is 10.2 Å². The zero-order valence-electron chi connectivity index (χ0n) is 15.8. The maximum Gasteiger partial charge on any atom is 0.242 e. The topological polar surface area (TPSA) is 61.4 Å². The highest BCUT2D eigenvalue weighted by Gasteiger charge is 2.42. The van der Waals surface area contributed by atoms with Crippen LogP contribution in [0.2, 0.25) is 0 Å². The van der Waals surface area contributed by atoms with Gasteiger partial charge in [-0.3, -0.25) is 9.69 Å². The van der Waals surface area contributed by atoms with Gasteiger partial charge in [-0.05, 0) is 65.0 Å². The Bertz CT molecular complexity index is 599. The quantitative estimate of drug-likeness (QED) is 0.906. The smallest absolute Gasteiger partial charge is 0.242 e. The second kappa shape index (κ2) is 7.68. The Hall–Kier alpha value is -1.69. The molecular formula is C19H31N5O. The monoisotopic (exact) mass is 345 g/mol. The highest BCUT2D eigenvalue weighted by atomic mass is 16.2. The minimum atomic E-state index is -0.306. The summed E-state index contributed by atoms with van der Waals surface area (Å²) in [6.45, 7) is 4.90. The van der Waals surface area contributed by atoms with Gasteiger partial charge in [0.25, 0.3) is 0 Å². The molecule has 0 radical (unpaired) electrons. The van der Waals surface area contributed by atoms with Gasteiger partial charge in [0.2, 0.25) is 5.91 Å². The lowest BCUT2D eigenvalue weighted by Gasteiger charge is -2.45. The van der Waals surface area contributed by atoms with E-state index < -0.39 is 0 Å². The number of aromatic nitrogens is 2. The van der Waals surface area contributed by atoms with Crippen LogP contribution in [0.15, 0.2) is 12.4 Å². The minimum Gasteiger partial charge on any atom is -0.373 e. The molecule has 0 aliphatic carbocycles. The minimum absolute atomic E-state index is 0.306. The first-order valence-corrected chi connectivity index (χ1v) is 9.52. The molecule has 0 aromatic carbocycles. The van der Waals surface area contributed by atoms with Crippen LogP contribution in [0.5, 0.6) is 0 Å². The van der Waals surface area contributed by atoms with Crippen LogP contribution >= 0.6 is 0 Å². The van der Waals surface area contributed by atoms with Crippen LogP contribution in [-0.4, -0.2) is 64.9 Å².